The Bertz CT molecular complexity index is 788. The normalized spacial score (nSPS) is 27.9. The highest BCUT2D eigenvalue weighted by molar-refractivity contribution is 5.52. The van der Waals surface area contributed by atoms with Crippen molar-refractivity contribution in [1.29, 1.82) is 0 Å². The lowest BCUT2D eigenvalue weighted by Gasteiger charge is -2.28. The van der Waals surface area contributed by atoms with E-state index in [0.717, 1.165) is 56.5 Å². The van der Waals surface area contributed by atoms with Crippen molar-refractivity contribution in [2.24, 2.45) is 0 Å². The third-order valence-corrected chi connectivity index (χ3v) is 5.40. The average molecular weight is 356 g/mol. The van der Waals surface area contributed by atoms with E-state index in [-0.39, 0.29) is 0 Å². The Kier molecular flexibility index (Phi) is 4.01. The number of anilines is 2. The minimum Gasteiger partial charge on any atom is -0.378 e. The van der Waals surface area contributed by atoms with Gasteiger partial charge >= 0.3 is 0 Å². The Morgan fingerprint density at radius 3 is 2.77 bits per heavy atom. The van der Waals surface area contributed by atoms with E-state index in [2.05, 4.69) is 15.3 Å². The van der Waals surface area contributed by atoms with Gasteiger partial charge in [-0.3, -0.25) is 0 Å². The number of hydrogen-bond acceptors (Lipinski definition) is 7. The Hall–Kier alpha value is -2.19. The van der Waals surface area contributed by atoms with Gasteiger partial charge in [-0.1, -0.05) is 0 Å². The van der Waals surface area contributed by atoms with Gasteiger partial charge in [0.15, 0.2) is 0 Å². The second-order valence-corrected chi connectivity index (χ2v) is 7.27. The molecular formula is C18H24N6O2. The second kappa shape index (κ2) is 6.51. The van der Waals surface area contributed by atoms with Crippen molar-refractivity contribution >= 4 is 11.6 Å². The van der Waals surface area contributed by atoms with Gasteiger partial charge in [-0.2, -0.15) is 15.1 Å². The van der Waals surface area contributed by atoms with Crippen molar-refractivity contribution in [3.63, 3.8) is 0 Å². The van der Waals surface area contributed by atoms with Crippen molar-refractivity contribution in [2.45, 2.75) is 44.4 Å². The van der Waals surface area contributed by atoms with Crippen molar-refractivity contribution in [1.82, 2.24) is 19.7 Å². The first kappa shape index (κ1) is 16.0. The molecule has 0 unspecified atom stereocenters. The monoisotopic (exact) mass is 356 g/mol. The van der Waals surface area contributed by atoms with Crippen LogP contribution in [0.15, 0.2) is 18.3 Å². The second-order valence-electron chi connectivity index (χ2n) is 7.27. The summed E-state index contributed by atoms with van der Waals surface area (Å²) in [7, 11) is 0. The lowest BCUT2D eigenvalue weighted by molar-refractivity contribution is 0.102. The smallest absolute Gasteiger partial charge is 0.254 e. The standard InChI is InChI=1S/C18H24N6O2/c1-12-4-5-24(22-12)18-20-16(19-14-10-13-2-3-15(14)26-13)11-17(21-18)23-6-8-25-9-7-23/h4-5,11,13-15H,2-3,6-10H2,1H3,(H,19,20,21)/t13-,14-,15+/m1/s1. The lowest BCUT2D eigenvalue weighted by atomic mass is 9.95. The minimum absolute atomic E-state index is 0.303. The lowest BCUT2D eigenvalue weighted by Crippen LogP contribution is -2.37. The van der Waals surface area contributed by atoms with Crippen LogP contribution in [0.25, 0.3) is 5.95 Å². The molecule has 2 aromatic heterocycles. The van der Waals surface area contributed by atoms with E-state index in [4.69, 9.17) is 19.4 Å². The van der Waals surface area contributed by atoms with E-state index in [9.17, 15) is 0 Å². The third-order valence-electron chi connectivity index (χ3n) is 5.40. The van der Waals surface area contributed by atoms with Gasteiger partial charge in [0.2, 0.25) is 0 Å². The molecule has 5 heterocycles. The molecule has 3 aliphatic rings. The summed E-state index contributed by atoms with van der Waals surface area (Å²) in [5.41, 5.74) is 0.946. The fraction of sp³-hybridized carbons (Fsp3) is 0.611. The topological polar surface area (TPSA) is 77.3 Å². The summed E-state index contributed by atoms with van der Waals surface area (Å²) in [6, 6.07) is 4.33. The van der Waals surface area contributed by atoms with Gasteiger partial charge in [0.1, 0.15) is 11.6 Å². The summed E-state index contributed by atoms with van der Waals surface area (Å²) in [4.78, 5) is 11.7. The number of hydrogen-bond donors (Lipinski definition) is 1. The summed E-state index contributed by atoms with van der Waals surface area (Å²) < 4.78 is 13.2. The molecule has 138 valence electrons. The third kappa shape index (κ3) is 3.03. The van der Waals surface area contributed by atoms with Gasteiger partial charge < -0.3 is 19.7 Å². The maximum atomic E-state index is 5.97. The highest BCUT2D eigenvalue weighted by atomic mass is 16.5. The van der Waals surface area contributed by atoms with E-state index in [1.165, 1.54) is 6.42 Å². The number of fused-ring (bicyclic) bond motifs is 2. The van der Waals surface area contributed by atoms with Crippen LogP contribution in [0, 0.1) is 6.92 Å². The van der Waals surface area contributed by atoms with Gasteiger partial charge in [0.25, 0.3) is 5.95 Å². The Balaban J connectivity index is 1.46. The zero-order valence-corrected chi connectivity index (χ0v) is 15.0. The maximum absolute atomic E-state index is 5.97. The first-order chi connectivity index (χ1) is 12.7. The van der Waals surface area contributed by atoms with Gasteiger partial charge in [0.05, 0.1) is 37.2 Å². The van der Waals surface area contributed by atoms with Gasteiger partial charge in [-0.05, 0) is 32.3 Å². The first-order valence-corrected chi connectivity index (χ1v) is 9.41. The Morgan fingerprint density at radius 1 is 1.19 bits per heavy atom. The molecular weight excluding hydrogens is 332 g/mol. The fourth-order valence-corrected chi connectivity index (χ4v) is 4.06. The summed E-state index contributed by atoms with van der Waals surface area (Å²) in [5, 5.41) is 8.07. The molecule has 3 fully saturated rings. The van der Waals surface area contributed by atoms with E-state index in [0.29, 0.717) is 24.2 Å². The van der Waals surface area contributed by atoms with Crippen LogP contribution in [0.5, 0.6) is 0 Å². The molecule has 0 aromatic carbocycles. The predicted molar refractivity (Wildman–Crippen MR) is 96.8 cm³/mol. The molecule has 26 heavy (non-hydrogen) atoms. The van der Waals surface area contributed by atoms with E-state index in [1.807, 2.05) is 25.3 Å². The molecule has 8 nitrogen and oxygen atoms in total. The summed E-state index contributed by atoms with van der Waals surface area (Å²) >= 11 is 0. The number of aryl methyl sites for hydroxylation is 1. The zero-order valence-electron chi connectivity index (χ0n) is 15.0. The SMILES string of the molecule is Cc1ccn(-c2nc(N[C@@H]3C[C@H]4CC[C@@H]3O4)cc(N3CCOCC3)n2)n1. The van der Waals surface area contributed by atoms with Crippen LogP contribution in [-0.2, 0) is 9.47 Å². The van der Waals surface area contributed by atoms with Crippen LogP contribution in [0.1, 0.15) is 25.0 Å². The predicted octanol–water partition coefficient (Wildman–Crippen LogP) is 1.54. The minimum atomic E-state index is 0.303. The number of ether oxygens (including phenoxy) is 2. The van der Waals surface area contributed by atoms with E-state index < -0.39 is 0 Å². The number of nitrogens with zero attached hydrogens (tertiary/aromatic N) is 5. The van der Waals surface area contributed by atoms with Crippen LogP contribution in [0.4, 0.5) is 11.6 Å². The summed E-state index contributed by atoms with van der Waals surface area (Å²) in [6.07, 6.45) is 5.98. The highest BCUT2D eigenvalue weighted by Gasteiger charge is 2.41. The molecule has 2 bridgehead atoms. The number of aromatic nitrogens is 4. The van der Waals surface area contributed by atoms with Gasteiger partial charge in [-0.25, -0.2) is 4.68 Å². The quantitative estimate of drug-likeness (QED) is 0.890. The molecule has 0 radical (unpaired) electrons. The molecule has 3 aliphatic heterocycles. The summed E-state index contributed by atoms with van der Waals surface area (Å²) in [5.74, 6) is 2.34. The van der Waals surface area contributed by atoms with Crippen LogP contribution >= 0.6 is 0 Å². The molecule has 3 atom stereocenters. The molecule has 3 saturated heterocycles. The largest absolute Gasteiger partial charge is 0.378 e. The molecule has 1 N–H and O–H groups in total. The van der Waals surface area contributed by atoms with Crippen LogP contribution in [-0.4, -0.2) is 64.3 Å². The van der Waals surface area contributed by atoms with Crippen LogP contribution < -0.4 is 10.2 Å². The molecule has 2 aromatic rings. The number of nitrogens with one attached hydrogen (secondary N) is 1. The fourth-order valence-electron chi connectivity index (χ4n) is 4.06. The van der Waals surface area contributed by atoms with E-state index in [1.54, 1.807) is 4.68 Å². The molecule has 5 rings (SSSR count). The van der Waals surface area contributed by atoms with Crippen molar-refractivity contribution in [3.8, 4) is 5.95 Å². The van der Waals surface area contributed by atoms with E-state index >= 15 is 0 Å². The molecule has 0 aliphatic carbocycles. The van der Waals surface area contributed by atoms with Crippen LogP contribution in [0.2, 0.25) is 0 Å². The average Bonchev–Trinajstić information content (AvgIpc) is 3.39. The summed E-state index contributed by atoms with van der Waals surface area (Å²) in [6.45, 7) is 5.09. The van der Waals surface area contributed by atoms with Crippen molar-refractivity contribution in [2.75, 3.05) is 36.5 Å². The van der Waals surface area contributed by atoms with Crippen molar-refractivity contribution < 1.29 is 9.47 Å². The molecule has 0 saturated carbocycles. The number of morpholine rings is 1. The maximum Gasteiger partial charge on any atom is 0.254 e. The highest BCUT2D eigenvalue weighted by Crippen LogP contribution is 2.36. The van der Waals surface area contributed by atoms with Crippen molar-refractivity contribution in [3.05, 3.63) is 24.0 Å². The molecule has 0 amide bonds. The molecule has 0 spiro atoms. The van der Waals surface area contributed by atoms with Gasteiger partial charge in [-0.15, -0.1) is 0 Å². The van der Waals surface area contributed by atoms with Gasteiger partial charge in [0, 0.05) is 25.4 Å². The Labute approximate surface area is 152 Å². The molecule has 8 heteroatoms. The zero-order chi connectivity index (χ0) is 17.5. The number of rotatable bonds is 4. The first-order valence-electron chi connectivity index (χ1n) is 9.41. The Morgan fingerprint density at radius 2 is 2.08 bits per heavy atom. The van der Waals surface area contributed by atoms with Crippen LogP contribution in [0.3, 0.4) is 0 Å².